The molecule has 0 bridgehead atoms. The Morgan fingerprint density at radius 2 is 2.00 bits per heavy atom. The van der Waals surface area contributed by atoms with Gasteiger partial charge < -0.3 is 4.84 Å². The number of oxime groups is 1. The normalized spacial score (nSPS) is 32.2. The summed E-state index contributed by atoms with van der Waals surface area (Å²) in [5, 5.41) is 3.81. The summed E-state index contributed by atoms with van der Waals surface area (Å²) in [6.45, 7) is 0.838. The second-order valence-corrected chi connectivity index (χ2v) is 3.61. The summed E-state index contributed by atoms with van der Waals surface area (Å²) in [5.41, 5.74) is 0. The van der Waals surface area contributed by atoms with E-state index in [4.69, 9.17) is 4.84 Å². The Labute approximate surface area is 67.6 Å². The lowest BCUT2D eigenvalue weighted by molar-refractivity contribution is 0.130. The molecule has 1 aliphatic heterocycles. The van der Waals surface area contributed by atoms with Crippen LogP contribution in [0.5, 0.6) is 0 Å². The van der Waals surface area contributed by atoms with E-state index < -0.39 is 0 Å². The van der Waals surface area contributed by atoms with Crippen LogP contribution in [0, 0.1) is 11.8 Å². The van der Waals surface area contributed by atoms with Crippen molar-refractivity contribution < 1.29 is 4.84 Å². The van der Waals surface area contributed by atoms with Crippen LogP contribution in [0.15, 0.2) is 5.16 Å². The summed E-state index contributed by atoms with van der Waals surface area (Å²) in [7, 11) is 0. The minimum Gasteiger partial charge on any atom is -0.395 e. The van der Waals surface area contributed by atoms with Crippen molar-refractivity contribution in [3.8, 4) is 0 Å². The maximum absolute atomic E-state index is 4.98. The van der Waals surface area contributed by atoms with E-state index in [9.17, 15) is 0 Å². The zero-order valence-corrected chi connectivity index (χ0v) is 6.83. The lowest BCUT2D eigenvalue weighted by Crippen LogP contribution is -2.19. The first-order valence-electron chi connectivity index (χ1n) is 4.62. The van der Waals surface area contributed by atoms with Gasteiger partial charge in [0.1, 0.15) is 6.61 Å². The fraction of sp³-hybridized carbons (Fsp3) is 0.889. The van der Waals surface area contributed by atoms with Gasteiger partial charge in [-0.15, -0.1) is 0 Å². The topological polar surface area (TPSA) is 21.6 Å². The first kappa shape index (κ1) is 7.14. The smallest absolute Gasteiger partial charge is 0.125 e. The SMILES string of the molecule is C1=NOCC1C1CCCCC1. The van der Waals surface area contributed by atoms with Crippen molar-refractivity contribution in [1.29, 1.82) is 0 Å². The number of hydrogen-bond acceptors (Lipinski definition) is 2. The standard InChI is InChI=1S/C9H15NO/c1-2-4-8(5-3-1)9-6-10-11-7-9/h6,8-9H,1-5,7H2. The Bertz CT molecular complexity index is 150. The quantitative estimate of drug-likeness (QED) is 0.566. The van der Waals surface area contributed by atoms with Crippen molar-refractivity contribution in [2.45, 2.75) is 32.1 Å². The van der Waals surface area contributed by atoms with Crippen molar-refractivity contribution in [3.05, 3.63) is 0 Å². The Hall–Kier alpha value is -0.530. The van der Waals surface area contributed by atoms with Crippen LogP contribution in [-0.2, 0) is 4.84 Å². The van der Waals surface area contributed by atoms with Crippen LogP contribution in [-0.4, -0.2) is 12.8 Å². The second kappa shape index (κ2) is 3.24. The highest BCUT2D eigenvalue weighted by atomic mass is 16.6. The molecule has 0 aromatic carbocycles. The zero-order valence-electron chi connectivity index (χ0n) is 6.83. The highest BCUT2D eigenvalue weighted by Crippen LogP contribution is 2.30. The molecule has 0 spiro atoms. The predicted octanol–water partition coefficient (Wildman–Crippen LogP) is 2.20. The van der Waals surface area contributed by atoms with E-state index in [1.54, 1.807) is 0 Å². The summed E-state index contributed by atoms with van der Waals surface area (Å²) >= 11 is 0. The van der Waals surface area contributed by atoms with Gasteiger partial charge in [-0.25, -0.2) is 0 Å². The molecule has 1 fully saturated rings. The zero-order chi connectivity index (χ0) is 7.52. The highest BCUT2D eigenvalue weighted by molar-refractivity contribution is 5.61. The molecule has 2 rings (SSSR count). The van der Waals surface area contributed by atoms with Crippen LogP contribution in [0.2, 0.25) is 0 Å². The molecule has 1 atom stereocenters. The molecule has 1 unspecified atom stereocenters. The molecule has 0 amide bonds. The highest BCUT2D eigenvalue weighted by Gasteiger charge is 2.25. The third kappa shape index (κ3) is 1.55. The predicted molar refractivity (Wildman–Crippen MR) is 44.5 cm³/mol. The molecule has 2 nitrogen and oxygen atoms in total. The maximum Gasteiger partial charge on any atom is 0.125 e. The van der Waals surface area contributed by atoms with E-state index in [2.05, 4.69) is 5.16 Å². The Balaban J connectivity index is 1.87. The van der Waals surface area contributed by atoms with Crippen molar-refractivity contribution in [2.24, 2.45) is 17.0 Å². The lowest BCUT2D eigenvalue weighted by Gasteiger charge is -2.24. The lowest BCUT2D eigenvalue weighted by atomic mass is 9.81. The van der Waals surface area contributed by atoms with Gasteiger partial charge in [0.15, 0.2) is 0 Å². The first-order chi connectivity index (χ1) is 5.47. The van der Waals surface area contributed by atoms with Crippen LogP contribution >= 0.6 is 0 Å². The molecule has 0 N–H and O–H groups in total. The fourth-order valence-electron chi connectivity index (χ4n) is 2.11. The van der Waals surface area contributed by atoms with E-state index in [1.165, 1.54) is 32.1 Å². The van der Waals surface area contributed by atoms with Crippen LogP contribution < -0.4 is 0 Å². The van der Waals surface area contributed by atoms with Crippen LogP contribution in [0.3, 0.4) is 0 Å². The van der Waals surface area contributed by atoms with Gasteiger partial charge in [-0.05, 0) is 18.8 Å². The molecule has 0 aromatic heterocycles. The Kier molecular flexibility index (Phi) is 2.11. The average molecular weight is 153 g/mol. The summed E-state index contributed by atoms with van der Waals surface area (Å²) in [5.74, 6) is 1.50. The monoisotopic (exact) mass is 153 g/mol. The molecule has 0 radical (unpaired) electrons. The third-order valence-corrected chi connectivity index (χ3v) is 2.85. The van der Waals surface area contributed by atoms with E-state index in [-0.39, 0.29) is 0 Å². The second-order valence-electron chi connectivity index (χ2n) is 3.61. The number of hydrogen-bond donors (Lipinski definition) is 0. The van der Waals surface area contributed by atoms with Crippen molar-refractivity contribution >= 4 is 6.21 Å². The van der Waals surface area contributed by atoms with Gasteiger partial charge >= 0.3 is 0 Å². The molecular weight excluding hydrogens is 138 g/mol. The van der Waals surface area contributed by atoms with Gasteiger partial charge in [0.2, 0.25) is 0 Å². The molecule has 1 aliphatic carbocycles. The summed E-state index contributed by atoms with van der Waals surface area (Å²) < 4.78 is 0. The largest absolute Gasteiger partial charge is 0.395 e. The average Bonchev–Trinajstić information content (AvgIpc) is 2.58. The van der Waals surface area contributed by atoms with Crippen molar-refractivity contribution in [1.82, 2.24) is 0 Å². The van der Waals surface area contributed by atoms with E-state index in [0.29, 0.717) is 5.92 Å². The molecule has 0 saturated heterocycles. The minimum absolute atomic E-state index is 0.635. The van der Waals surface area contributed by atoms with E-state index >= 15 is 0 Å². The van der Waals surface area contributed by atoms with Crippen LogP contribution in [0.25, 0.3) is 0 Å². The van der Waals surface area contributed by atoms with E-state index in [0.717, 1.165) is 12.5 Å². The molecule has 1 heterocycles. The van der Waals surface area contributed by atoms with Crippen LogP contribution in [0.4, 0.5) is 0 Å². The summed E-state index contributed by atoms with van der Waals surface area (Å²) in [4.78, 5) is 4.98. The summed E-state index contributed by atoms with van der Waals surface area (Å²) in [6, 6.07) is 0. The van der Waals surface area contributed by atoms with Gasteiger partial charge in [-0.3, -0.25) is 0 Å². The number of nitrogens with zero attached hydrogens (tertiary/aromatic N) is 1. The van der Waals surface area contributed by atoms with E-state index in [1.807, 2.05) is 6.21 Å². The van der Waals surface area contributed by atoms with Gasteiger partial charge in [-0.1, -0.05) is 24.4 Å². The summed E-state index contributed by atoms with van der Waals surface area (Å²) in [6.07, 6.45) is 9.03. The maximum atomic E-state index is 4.98. The molecule has 2 aliphatic rings. The minimum atomic E-state index is 0.635. The van der Waals surface area contributed by atoms with Crippen molar-refractivity contribution in [2.75, 3.05) is 6.61 Å². The molecule has 62 valence electrons. The van der Waals surface area contributed by atoms with Crippen molar-refractivity contribution in [3.63, 3.8) is 0 Å². The molecule has 0 aromatic rings. The fourth-order valence-corrected chi connectivity index (χ4v) is 2.11. The first-order valence-corrected chi connectivity index (χ1v) is 4.62. The van der Waals surface area contributed by atoms with Gasteiger partial charge in [0.05, 0.1) is 6.21 Å². The van der Waals surface area contributed by atoms with Gasteiger partial charge in [0, 0.05) is 5.92 Å². The molecular formula is C9H15NO. The van der Waals surface area contributed by atoms with Crippen LogP contribution in [0.1, 0.15) is 32.1 Å². The van der Waals surface area contributed by atoms with Gasteiger partial charge in [0.25, 0.3) is 0 Å². The third-order valence-electron chi connectivity index (χ3n) is 2.85. The molecule has 11 heavy (non-hydrogen) atoms. The Morgan fingerprint density at radius 3 is 2.64 bits per heavy atom. The number of rotatable bonds is 1. The molecule has 1 saturated carbocycles. The molecule has 2 heteroatoms. The Morgan fingerprint density at radius 1 is 1.18 bits per heavy atom. The van der Waals surface area contributed by atoms with Gasteiger partial charge in [-0.2, -0.15) is 0 Å².